The van der Waals surface area contributed by atoms with Crippen LogP contribution in [0, 0.1) is 0 Å². The Morgan fingerprint density at radius 2 is 1.88 bits per heavy atom. The number of hydrogen-bond donors (Lipinski definition) is 2. The highest BCUT2D eigenvalue weighted by Gasteiger charge is 2.42. The van der Waals surface area contributed by atoms with Crippen molar-refractivity contribution in [1.82, 2.24) is 0 Å². The molecule has 0 aromatic heterocycles. The molecule has 7 heteroatoms. The Balaban J connectivity index is 1.88. The third-order valence-electron chi connectivity index (χ3n) is 4.65. The Morgan fingerprint density at radius 3 is 2.52 bits per heavy atom. The van der Waals surface area contributed by atoms with Crippen LogP contribution < -0.4 is 16.4 Å². The zero-order valence-electron chi connectivity index (χ0n) is 14.6. The highest BCUT2D eigenvalue weighted by Crippen LogP contribution is 2.39. The van der Waals surface area contributed by atoms with Crippen LogP contribution >= 0.6 is 0 Å². The summed E-state index contributed by atoms with van der Waals surface area (Å²) in [4.78, 5) is 22.7. The van der Waals surface area contributed by atoms with Crippen molar-refractivity contribution in [3.05, 3.63) is 29.8 Å². The number of carbonyl (C=O) groups is 1. The lowest BCUT2D eigenvalue weighted by Gasteiger charge is -2.45. The molecular formula is C18H25N5O2. The zero-order valence-corrected chi connectivity index (χ0v) is 14.6. The molecule has 0 unspecified atom stereocenters. The minimum Gasteiger partial charge on any atom is -0.462 e. The molecule has 0 bridgehead atoms. The molecule has 0 saturated heterocycles. The molecule has 1 fully saturated rings. The first-order valence-corrected chi connectivity index (χ1v) is 8.83. The third kappa shape index (κ3) is 3.45. The fourth-order valence-electron chi connectivity index (χ4n) is 3.52. The molecule has 1 aliphatic carbocycles. The fourth-order valence-corrected chi connectivity index (χ4v) is 3.52. The maximum absolute atomic E-state index is 12.0. The van der Waals surface area contributed by atoms with Gasteiger partial charge in [0, 0.05) is 5.69 Å². The number of guanidine groups is 2. The van der Waals surface area contributed by atoms with Crippen molar-refractivity contribution < 1.29 is 9.53 Å². The molecule has 1 heterocycles. The minimum absolute atomic E-state index is 0.232. The highest BCUT2D eigenvalue weighted by atomic mass is 16.5. The first-order chi connectivity index (χ1) is 12.1. The van der Waals surface area contributed by atoms with Gasteiger partial charge >= 0.3 is 5.97 Å². The van der Waals surface area contributed by atoms with Crippen molar-refractivity contribution in [1.29, 1.82) is 0 Å². The van der Waals surface area contributed by atoms with Crippen molar-refractivity contribution in [2.75, 3.05) is 11.5 Å². The number of carbonyl (C=O) groups excluding carboxylic acids is 1. The Labute approximate surface area is 147 Å². The smallest absolute Gasteiger partial charge is 0.338 e. The van der Waals surface area contributed by atoms with E-state index in [4.69, 9.17) is 16.2 Å². The number of rotatable bonds is 4. The molecule has 1 aromatic rings. The first kappa shape index (κ1) is 17.3. The van der Waals surface area contributed by atoms with E-state index >= 15 is 0 Å². The van der Waals surface area contributed by atoms with Crippen LogP contribution in [0.2, 0.25) is 0 Å². The molecule has 3 rings (SSSR count). The van der Waals surface area contributed by atoms with E-state index in [9.17, 15) is 4.79 Å². The summed E-state index contributed by atoms with van der Waals surface area (Å²) in [5.41, 5.74) is 13.0. The van der Waals surface area contributed by atoms with E-state index < -0.39 is 5.66 Å². The van der Waals surface area contributed by atoms with Crippen LogP contribution in [0.15, 0.2) is 34.3 Å². The van der Waals surface area contributed by atoms with Gasteiger partial charge in [-0.2, -0.15) is 4.99 Å². The second kappa shape index (κ2) is 7.13. The van der Waals surface area contributed by atoms with Gasteiger partial charge in [0.1, 0.15) is 5.66 Å². The summed E-state index contributed by atoms with van der Waals surface area (Å²) in [5.74, 6) is 0.259. The fraction of sp³-hybridized carbons (Fsp3) is 0.500. The van der Waals surface area contributed by atoms with Crippen LogP contribution in [0.25, 0.3) is 0 Å². The minimum atomic E-state index is -0.474. The van der Waals surface area contributed by atoms with Crippen LogP contribution in [0.3, 0.4) is 0 Å². The van der Waals surface area contributed by atoms with Gasteiger partial charge in [-0.25, -0.2) is 9.79 Å². The first-order valence-electron chi connectivity index (χ1n) is 8.83. The topological polar surface area (TPSA) is 106 Å². The van der Waals surface area contributed by atoms with Crippen molar-refractivity contribution in [2.24, 2.45) is 21.5 Å². The number of aliphatic imine (C=N–C) groups is 2. The summed E-state index contributed by atoms with van der Waals surface area (Å²) >= 11 is 0. The van der Waals surface area contributed by atoms with E-state index in [-0.39, 0.29) is 11.9 Å². The quantitative estimate of drug-likeness (QED) is 0.816. The number of nitrogens with two attached hydrogens (primary N) is 2. The standard InChI is InChI=1S/C18H25N5O2/c1-2-12-25-15(24)13-6-8-14(9-7-13)23-17(20)21-16(19)22-18(23)10-4-3-5-11-18/h6-9H,2-5,10-12H2,1H3,(H4,19,20,21,22). The Hall–Kier alpha value is -2.57. The Morgan fingerprint density at radius 1 is 1.20 bits per heavy atom. The van der Waals surface area contributed by atoms with E-state index in [0.717, 1.165) is 37.8 Å². The second-order valence-corrected chi connectivity index (χ2v) is 6.50. The van der Waals surface area contributed by atoms with E-state index in [0.29, 0.717) is 18.1 Å². The number of ether oxygens (including phenoxy) is 1. The molecule has 1 aromatic carbocycles. The molecule has 0 amide bonds. The average Bonchev–Trinajstić information content (AvgIpc) is 2.60. The van der Waals surface area contributed by atoms with E-state index in [1.165, 1.54) is 6.42 Å². The summed E-state index contributed by atoms with van der Waals surface area (Å²) < 4.78 is 5.17. The molecule has 1 saturated carbocycles. The van der Waals surface area contributed by atoms with Gasteiger partial charge in [-0.15, -0.1) is 0 Å². The lowest BCUT2D eigenvalue weighted by Crippen LogP contribution is -2.58. The van der Waals surface area contributed by atoms with Crippen LogP contribution in [-0.4, -0.2) is 30.2 Å². The number of hydrogen-bond acceptors (Lipinski definition) is 7. The van der Waals surface area contributed by atoms with Crippen molar-refractivity contribution in [2.45, 2.75) is 51.1 Å². The predicted molar refractivity (Wildman–Crippen MR) is 98.6 cm³/mol. The third-order valence-corrected chi connectivity index (χ3v) is 4.65. The zero-order chi connectivity index (χ0) is 17.9. The Bertz CT molecular complexity index is 690. The summed E-state index contributed by atoms with van der Waals surface area (Å²) in [6.07, 6.45) is 5.88. The normalized spacial score (nSPS) is 19.3. The molecule has 7 nitrogen and oxygen atoms in total. The Kier molecular flexibility index (Phi) is 4.92. The molecule has 1 spiro atoms. The van der Waals surface area contributed by atoms with Crippen molar-refractivity contribution in [3.8, 4) is 0 Å². The van der Waals surface area contributed by atoms with Gasteiger partial charge in [-0.1, -0.05) is 13.3 Å². The average molecular weight is 343 g/mol. The molecule has 4 N–H and O–H groups in total. The number of nitrogens with zero attached hydrogens (tertiary/aromatic N) is 3. The molecule has 0 atom stereocenters. The summed E-state index contributed by atoms with van der Waals surface area (Å²) in [5, 5.41) is 0. The maximum Gasteiger partial charge on any atom is 0.338 e. The van der Waals surface area contributed by atoms with Gasteiger partial charge in [0.25, 0.3) is 0 Å². The number of benzene rings is 1. The molecule has 2 aliphatic rings. The van der Waals surface area contributed by atoms with E-state index in [1.54, 1.807) is 12.1 Å². The SMILES string of the molecule is CCCOC(=O)c1ccc(N2C(N)=NC(N)=NC23CCCCC3)cc1. The summed E-state index contributed by atoms with van der Waals surface area (Å²) in [6.45, 7) is 2.38. The predicted octanol–water partition coefficient (Wildman–Crippen LogP) is 2.36. The van der Waals surface area contributed by atoms with Gasteiger partial charge in [0.2, 0.25) is 11.9 Å². The van der Waals surface area contributed by atoms with Crippen LogP contribution in [0.4, 0.5) is 5.69 Å². The lowest BCUT2D eigenvalue weighted by molar-refractivity contribution is 0.0505. The molecule has 25 heavy (non-hydrogen) atoms. The summed E-state index contributed by atoms with van der Waals surface area (Å²) in [7, 11) is 0. The van der Waals surface area contributed by atoms with Crippen LogP contribution in [-0.2, 0) is 4.74 Å². The molecule has 134 valence electrons. The van der Waals surface area contributed by atoms with Gasteiger partial charge in [-0.05, 0) is 56.4 Å². The van der Waals surface area contributed by atoms with Gasteiger partial charge in [-0.3, -0.25) is 4.90 Å². The molecule has 1 aliphatic heterocycles. The van der Waals surface area contributed by atoms with Crippen molar-refractivity contribution >= 4 is 23.6 Å². The number of anilines is 1. The maximum atomic E-state index is 12.0. The van der Waals surface area contributed by atoms with Crippen molar-refractivity contribution in [3.63, 3.8) is 0 Å². The highest BCUT2D eigenvalue weighted by molar-refractivity contribution is 6.05. The summed E-state index contributed by atoms with van der Waals surface area (Å²) in [6, 6.07) is 7.22. The largest absolute Gasteiger partial charge is 0.462 e. The lowest BCUT2D eigenvalue weighted by atomic mass is 9.87. The van der Waals surface area contributed by atoms with Gasteiger partial charge in [0.15, 0.2) is 0 Å². The second-order valence-electron chi connectivity index (χ2n) is 6.50. The molecular weight excluding hydrogens is 318 g/mol. The number of esters is 1. The van der Waals surface area contributed by atoms with E-state index in [2.05, 4.69) is 9.98 Å². The van der Waals surface area contributed by atoms with Gasteiger partial charge in [0.05, 0.1) is 12.2 Å². The monoisotopic (exact) mass is 343 g/mol. The van der Waals surface area contributed by atoms with Crippen LogP contribution in [0.1, 0.15) is 55.8 Å². The van der Waals surface area contributed by atoms with Gasteiger partial charge < -0.3 is 16.2 Å². The van der Waals surface area contributed by atoms with Crippen LogP contribution in [0.5, 0.6) is 0 Å². The van der Waals surface area contributed by atoms with E-state index in [1.807, 2.05) is 24.0 Å². The molecule has 0 radical (unpaired) electrons.